The molecule has 2 N–H and O–H groups in total. The summed E-state index contributed by atoms with van der Waals surface area (Å²) in [4.78, 5) is 0. The van der Waals surface area contributed by atoms with Crippen LogP contribution in [0, 0.1) is 17.5 Å². The first-order chi connectivity index (χ1) is 8.49. The lowest BCUT2D eigenvalue weighted by atomic mass is 9.99. The number of rotatable bonds is 2. The van der Waals surface area contributed by atoms with Gasteiger partial charge in [-0.25, -0.2) is 13.2 Å². The lowest BCUT2D eigenvalue weighted by Crippen LogP contribution is -2.14. The monoisotopic (exact) mass is 315 g/mol. The van der Waals surface area contributed by atoms with Gasteiger partial charge in [-0.1, -0.05) is 22.0 Å². The van der Waals surface area contributed by atoms with Gasteiger partial charge in [0.15, 0.2) is 0 Å². The van der Waals surface area contributed by atoms with Gasteiger partial charge in [-0.2, -0.15) is 0 Å². The molecular weight excluding hydrogens is 307 g/mol. The highest BCUT2D eigenvalue weighted by Crippen LogP contribution is 2.29. The van der Waals surface area contributed by atoms with Crippen LogP contribution < -0.4 is 5.73 Å². The summed E-state index contributed by atoms with van der Waals surface area (Å²) in [7, 11) is 0. The van der Waals surface area contributed by atoms with Crippen LogP contribution in [0.2, 0.25) is 0 Å². The summed E-state index contributed by atoms with van der Waals surface area (Å²) in [5.41, 5.74) is 6.39. The molecule has 0 amide bonds. The molecule has 0 radical (unpaired) electrons. The maximum Gasteiger partial charge on any atom is 0.131 e. The molecule has 1 atom stereocenters. The van der Waals surface area contributed by atoms with E-state index in [1.807, 2.05) is 0 Å². The van der Waals surface area contributed by atoms with Gasteiger partial charge in [0.25, 0.3) is 0 Å². The zero-order valence-corrected chi connectivity index (χ0v) is 10.7. The molecule has 1 unspecified atom stereocenters. The maximum absolute atomic E-state index is 13.6. The third kappa shape index (κ3) is 2.57. The van der Waals surface area contributed by atoms with Gasteiger partial charge < -0.3 is 5.73 Å². The van der Waals surface area contributed by atoms with E-state index in [2.05, 4.69) is 15.9 Å². The number of nitrogens with two attached hydrogens (primary N) is 1. The quantitative estimate of drug-likeness (QED) is 0.893. The van der Waals surface area contributed by atoms with Crippen LogP contribution in [-0.2, 0) is 0 Å². The normalized spacial score (nSPS) is 12.5. The van der Waals surface area contributed by atoms with Crippen molar-refractivity contribution in [1.29, 1.82) is 0 Å². The van der Waals surface area contributed by atoms with Gasteiger partial charge in [-0.3, -0.25) is 0 Å². The van der Waals surface area contributed by atoms with E-state index in [4.69, 9.17) is 5.73 Å². The summed E-state index contributed by atoms with van der Waals surface area (Å²) >= 11 is 3.22. The van der Waals surface area contributed by atoms with Crippen molar-refractivity contribution in [2.24, 2.45) is 5.73 Å². The Bertz CT molecular complexity index is 586. The Morgan fingerprint density at radius 1 is 0.889 bits per heavy atom. The maximum atomic E-state index is 13.6. The van der Waals surface area contributed by atoms with Crippen molar-refractivity contribution in [3.8, 4) is 0 Å². The molecule has 0 aliphatic heterocycles. The van der Waals surface area contributed by atoms with E-state index in [1.54, 1.807) is 0 Å². The Morgan fingerprint density at radius 3 is 2.17 bits per heavy atom. The van der Waals surface area contributed by atoms with Gasteiger partial charge in [-0.15, -0.1) is 0 Å². The third-order valence-corrected chi connectivity index (χ3v) is 3.31. The zero-order chi connectivity index (χ0) is 13.3. The van der Waals surface area contributed by atoms with Gasteiger partial charge in [0.2, 0.25) is 0 Å². The molecule has 0 bridgehead atoms. The SMILES string of the molecule is NC(c1ccc(F)cc1F)c1cc(F)ccc1Br. The third-order valence-electron chi connectivity index (χ3n) is 2.59. The smallest absolute Gasteiger partial charge is 0.131 e. The van der Waals surface area contributed by atoms with Crippen LogP contribution in [0.15, 0.2) is 40.9 Å². The molecule has 0 saturated heterocycles. The number of hydrogen-bond donors (Lipinski definition) is 1. The van der Waals surface area contributed by atoms with Crippen LogP contribution in [0.1, 0.15) is 17.2 Å². The molecule has 0 aliphatic carbocycles. The Morgan fingerprint density at radius 2 is 1.50 bits per heavy atom. The molecule has 94 valence electrons. The fourth-order valence-corrected chi connectivity index (χ4v) is 2.17. The molecule has 18 heavy (non-hydrogen) atoms. The summed E-state index contributed by atoms with van der Waals surface area (Å²) in [6.45, 7) is 0. The predicted octanol–water partition coefficient (Wildman–Crippen LogP) is 3.91. The molecule has 0 saturated carbocycles. The molecule has 0 fully saturated rings. The fourth-order valence-electron chi connectivity index (χ4n) is 1.67. The van der Waals surface area contributed by atoms with Gasteiger partial charge in [0.1, 0.15) is 17.5 Å². The van der Waals surface area contributed by atoms with Crippen LogP contribution in [0.4, 0.5) is 13.2 Å². The molecule has 2 aromatic carbocycles. The minimum absolute atomic E-state index is 0.114. The van der Waals surface area contributed by atoms with Crippen LogP contribution in [0.25, 0.3) is 0 Å². The van der Waals surface area contributed by atoms with Crippen molar-refractivity contribution in [2.75, 3.05) is 0 Å². The first kappa shape index (κ1) is 13.1. The van der Waals surface area contributed by atoms with Crippen LogP contribution >= 0.6 is 15.9 Å². The Labute approximate surface area is 111 Å². The van der Waals surface area contributed by atoms with Gasteiger partial charge in [-0.05, 0) is 29.8 Å². The molecule has 1 nitrogen and oxygen atoms in total. The largest absolute Gasteiger partial charge is 0.320 e. The number of hydrogen-bond acceptors (Lipinski definition) is 1. The molecule has 0 aliphatic rings. The summed E-state index contributed by atoms with van der Waals surface area (Å²) in [5, 5.41) is 0. The average Bonchev–Trinajstić information content (AvgIpc) is 2.31. The van der Waals surface area contributed by atoms with Crippen molar-refractivity contribution >= 4 is 15.9 Å². The Balaban J connectivity index is 2.47. The summed E-state index contributed by atoms with van der Waals surface area (Å²) in [6, 6.07) is 6.24. The molecule has 0 aromatic heterocycles. The minimum Gasteiger partial charge on any atom is -0.320 e. The lowest BCUT2D eigenvalue weighted by molar-refractivity contribution is 0.564. The van der Waals surface area contributed by atoms with Crippen molar-refractivity contribution < 1.29 is 13.2 Å². The van der Waals surface area contributed by atoms with E-state index < -0.39 is 23.5 Å². The summed E-state index contributed by atoms with van der Waals surface area (Å²) < 4.78 is 40.1. The van der Waals surface area contributed by atoms with E-state index in [-0.39, 0.29) is 5.56 Å². The highest BCUT2D eigenvalue weighted by molar-refractivity contribution is 9.10. The van der Waals surface area contributed by atoms with Crippen molar-refractivity contribution in [3.05, 3.63) is 69.4 Å². The lowest BCUT2D eigenvalue weighted by Gasteiger charge is -2.15. The highest BCUT2D eigenvalue weighted by atomic mass is 79.9. The van der Waals surface area contributed by atoms with Crippen LogP contribution in [-0.4, -0.2) is 0 Å². The van der Waals surface area contributed by atoms with E-state index in [1.165, 1.54) is 24.3 Å². The number of halogens is 4. The van der Waals surface area contributed by atoms with E-state index in [0.717, 1.165) is 12.1 Å². The van der Waals surface area contributed by atoms with E-state index >= 15 is 0 Å². The second-order valence-electron chi connectivity index (χ2n) is 3.81. The van der Waals surface area contributed by atoms with Crippen LogP contribution in [0.3, 0.4) is 0 Å². The van der Waals surface area contributed by atoms with Gasteiger partial charge >= 0.3 is 0 Å². The predicted molar refractivity (Wildman–Crippen MR) is 66.5 cm³/mol. The average molecular weight is 316 g/mol. The zero-order valence-electron chi connectivity index (χ0n) is 9.13. The molecule has 2 rings (SSSR count). The van der Waals surface area contributed by atoms with Crippen LogP contribution in [0.5, 0.6) is 0 Å². The van der Waals surface area contributed by atoms with Gasteiger partial charge in [0, 0.05) is 16.1 Å². The first-order valence-corrected chi connectivity index (χ1v) is 5.94. The summed E-state index contributed by atoms with van der Waals surface area (Å²) in [6.07, 6.45) is 0. The van der Waals surface area contributed by atoms with E-state index in [9.17, 15) is 13.2 Å². The topological polar surface area (TPSA) is 26.0 Å². The highest BCUT2D eigenvalue weighted by Gasteiger charge is 2.17. The minimum atomic E-state index is -0.865. The fraction of sp³-hybridized carbons (Fsp3) is 0.0769. The van der Waals surface area contributed by atoms with Crippen molar-refractivity contribution in [1.82, 2.24) is 0 Å². The Hall–Kier alpha value is -1.33. The Kier molecular flexibility index (Phi) is 3.73. The second kappa shape index (κ2) is 5.12. The van der Waals surface area contributed by atoms with Crippen molar-refractivity contribution in [2.45, 2.75) is 6.04 Å². The van der Waals surface area contributed by atoms with Gasteiger partial charge in [0.05, 0.1) is 6.04 Å². The molecular formula is C13H9BrF3N. The molecule has 0 spiro atoms. The van der Waals surface area contributed by atoms with Crippen molar-refractivity contribution in [3.63, 3.8) is 0 Å². The summed E-state index contributed by atoms with van der Waals surface area (Å²) in [5.74, 6) is -1.90. The molecule has 0 heterocycles. The molecule has 2 aromatic rings. The second-order valence-corrected chi connectivity index (χ2v) is 4.66. The molecule has 5 heteroatoms. The van der Waals surface area contributed by atoms with E-state index in [0.29, 0.717) is 10.0 Å². The standard InChI is InChI=1S/C13H9BrF3N/c14-11-4-2-7(15)5-10(11)13(18)9-3-1-8(16)6-12(9)17/h1-6,13H,18H2. The first-order valence-electron chi connectivity index (χ1n) is 5.14. The number of benzene rings is 2.